The Morgan fingerprint density at radius 1 is 1.07 bits per heavy atom. The van der Waals surface area contributed by atoms with Gasteiger partial charge in [0.05, 0.1) is 6.67 Å². The average Bonchev–Trinajstić information content (AvgIpc) is 2.70. The van der Waals surface area contributed by atoms with Gasteiger partial charge in [0.2, 0.25) is 0 Å². The molecule has 0 spiro atoms. The van der Waals surface area contributed by atoms with Crippen molar-refractivity contribution in [1.82, 2.24) is 5.32 Å². The number of carbonyl (C=O) groups is 1. The van der Waals surface area contributed by atoms with Crippen molar-refractivity contribution in [2.75, 3.05) is 6.67 Å². The highest BCUT2D eigenvalue weighted by Gasteiger charge is 2.10. The van der Waals surface area contributed by atoms with Crippen LogP contribution in [-0.2, 0) is 4.79 Å². The molecule has 3 heteroatoms. The van der Waals surface area contributed by atoms with E-state index in [1.165, 1.54) is 12.8 Å². The smallest absolute Gasteiger partial charge is 0.150 e. The molecule has 166 valence electrons. The Bertz CT molecular complexity index is 436. The number of rotatable bonds is 12. The van der Waals surface area contributed by atoms with Gasteiger partial charge in [0, 0.05) is 17.3 Å². The van der Waals surface area contributed by atoms with E-state index in [0.29, 0.717) is 6.04 Å². The van der Waals surface area contributed by atoms with E-state index < -0.39 is 0 Å². The lowest BCUT2D eigenvalue weighted by atomic mass is 9.97. The number of hydrogen-bond donors (Lipinski definition) is 1. The average molecular weight is 398 g/mol. The van der Waals surface area contributed by atoms with Crippen LogP contribution in [0.1, 0.15) is 101 Å². The fourth-order valence-electron chi connectivity index (χ4n) is 2.39. The van der Waals surface area contributed by atoms with Gasteiger partial charge in [0.1, 0.15) is 6.29 Å². The minimum absolute atomic E-state index is 0.156. The molecule has 0 amide bonds. The number of hydrogen-bond acceptors (Lipinski definition) is 2. The van der Waals surface area contributed by atoms with Crippen LogP contribution in [-0.4, -0.2) is 19.0 Å². The molecule has 0 saturated carbocycles. The number of allylic oxidation sites excluding steroid dienone is 6. The van der Waals surface area contributed by atoms with Crippen molar-refractivity contribution in [3.05, 3.63) is 35.1 Å². The van der Waals surface area contributed by atoms with Crippen LogP contribution in [0.3, 0.4) is 0 Å². The van der Waals surface area contributed by atoms with Crippen LogP contribution >= 0.6 is 0 Å². The summed E-state index contributed by atoms with van der Waals surface area (Å²) in [6, 6.07) is 0.509. The molecular weight excluding hydrogens is 349 g/mol. The molecule has 0 aromatic carbocycles. The first-order chi connectivity index (χ1) is 13.4. The maximum atomic E-state index is 11.1. The lowest BCUT2D eigenvalue weighted by Gasteiger charge is -2.22. The summed E-state index contributed by atoms with van der Waals surface area (Å²) in [5.74, 6) is 0.741. The zero-order valence-corrected chi connectivity index (χ0v) is 20.2. The van der Waals surface area contributed by atoms with E-state index in [9.17, 15) is 9.18 Å². The first-order valence-electron chi connectivity index (χ1n) is 11.2. The van der Waals surface area contributed by atoms with E-state index in [1.807, 2.05) is 39.8 Å². The number of alkyl halides is 1. The van der Waals surface area contributed by atoms with E-state index in [4.69, 9.17) is 0 Å². The largest absolute Gasteiger partial charge is 0.386 e. The van der Waals surface area contributed by atoms with Crippen molar-refractivity contribution in [1.29, 1.82) is 0 Å². The first-order valence-corrected chi connectivity index (χ1v) is 11.2. The second-order valence-corrected chi connectivity index (χ2v) is 6.94. The van der Waals surface area contributed by atoms with Crippen LogP contribution < -0.4 is 5.32 Å². The molecule has 0 aromatic rings. The van der Waals surface area contributed by atoms with E-state index >= 15 is 0 Å². The monoisotopic (exact) mass is 397 g/mol. The van der Waals surface area contributed by atoms with Gasteiger partial charge >= 0.3 is 0 Å². The number of carbonyl (C=O) groups excluding carboxylic acids is 1. The standard InChI is InChI=1S/C19H33NO.C4H9F.C2H6/c1-7-10-11-18(14-21)16(5)13-17(6)20-19(9-3)12-15(4)8-2;1-2-3-4-5;1-2/h10-11,13-15,19-20H,7-9,12H2,1-6H3;2-4H2,1H3;1-2H3/b11-10+,17-13+,18-16+;;. The predicted molar refractivity (Wildman–Crippen MR) is 125 cm³/mol. The van der Waals surface area contributed by atoms with Gasteiger partial charge in [-0.05, 0) is 57.1 Å². The van der Waals surface area contributed by atoms with Gasteiger partial charge in [0.25, 0.3) is 0 Å². The van der Waals surface area contributed by atoms with Crippen molar-refractivity contribution in [2.45, 2.75) is 107 Å². The normalized spacial score (nSPS) is 14.1. The Balaban J connectivity index is -0.000000767. The molecule has 0 heterocycles. The Labute approximate surface area is 175 Å². The molecule has 28 heavy (non-hydrogen) atoms. The third-order valence-electron chi connectivity index (χ3n) is 4.34. The SMILES string of the molecule is CC.CC/C=C/C(C=O)=C(C)\C=C(/C)NC(CC)CC(C)CC.CCCCF. The molecule has 0 fully saturated rings. The van der Waals surface area contributed by atoms with Crippen molar-refractivity contribution in [3.63, 3.8) is 0 Å². The van der Waals surface area contributed by atoms with Gasteiger partial charge in [-0.15, -0.1) is 0 Å². The number of nitrogens with one attached hydrogen (secondary N) is 1. The van der Waals surface area contributed by atoms with Crippen molar-refractivity contribution in [2.24, 2.45) is 5.92 Å². The van der Waals surface area contributed by atoms with Gasteiger partial charge in [-0.2, -0.15) is 0 Å². The molecule has 0 saturated heterocycles. The summed E-state index contributed by atoms with van der Waals surface area (Å²) in [5.41, 5.74) is 2.90. The molecule has 2 nitrogen and oxygen atoms in total. The zero-order valence-electron chi connectivity index (χ0n) is 20.2. The van der Waals surface area contributed by atoms with Crippen LogP contribution in [0.2, 0.25) is 0 Å². The van der Waals surface area contributed by atoms with Crippen LogP contribution in [0, 0.1) is 5.92 Å². The summed E-state index contributed by atoms with van der Waals surface area (Å²) in [4.78, 5) is 11.1. The third kappa shape index (κ3) is 19.4. The molecule has 0 rings (SSSR count). The quantitative estimate of drug-likeness (QED) is 0.205. The minimum Gasteiger partial charge on any atom is -0.386 e. The summed E-state index contributed by atoms with van der Waals surface area (Å²) < 4.78 is 11.0. The second-order valence-electron chi connectivity index (χ2n) is 6.94. The fourth-order valence-corrected chi connectivity index (χ4v) is 2.39. The molecule has 0 aliphatic heterocycles. The second kappa shape index (κ2) is 23.7. The summed E-state index contributed by atoms with van der Waals surface area (Å²) >= 11 is 0. The van der Waals surface area contributed by atoms with Crippen molar-refractivity contribution < 1.29 is 9.18 Å². The topological polar surface area (TPSA) is 29.1 Å². The molecule has 1 N–H and O–H groups in total. The molecule has 0 radical (unpaired) electrons. The maximum Gasteiger partial charge on any atom is 0.150 e. The third-order valence-corrected chi connectivity index (χ3v) is 4.34. The van der Waals surface area contributed by atoms with Crippen molar-refractivity contribution >= 4 is 6.29 Å². The Hall–Kier alpha value is -1.38. The van der Waals surface area contributed by atoms with Gasteiger partial charge < -0.3 is 5.32 Å². The summed E-state index contributed by atoms with van der Waals surface area (Å²) in [6.07, 6.45) is 13.1. The van der Waals surface area contributed by atoms with Crippen molar-refractivity contribution in [3.8, 4) is 0 Å². The molecule has 0 aliphatic carbocycles. The summed E-state index contributed by atoms with van der Waals surface area (Å²) in [6.45, 7) is 18.7. The number of unbranched alkanes of at least 4 members (excludes halogenated alkanes) is 1. The summed E-state index contributed by atoms with van der Waals surface area (Å²) in [5, 5.41) is 3.58. The molecule has 2 unspecified atom stereocenters. The summed E-state index contributed by atoms with van der Waals surface area (Å²) in [7, 11) is 0. The maximum absolute atomic E-state index is 11.1. The molecule has 0 aromatic heterocycles. The molecular formula is C25H48FNO. The molecule has 0 aliphatic rings. The fraction of sp³-hybridized carbons (Fsp3) is 0.720. The predicted octanol–water partition coefficient (Wildman–Crippen LogP) is 7.96. The Morgan fingerprint density at radius 3 is 2.04 bits per heavy atom. The molecule has 0 bridgehead atoms. The Morgan fingerprint density at radius 2 is 1.68 bits per heavy atom. The van der Waals surface area contributed by atoms with E-state index in [1.54, 1.807) is 0 Å². The lowest BCUT2D eigenvalue weighted by Crippen LogP contribution is -2.28. The van der Waals surface area contributed by atoms with Crippen LogP contribution in [0.5, 0.6) is 0 Å². The van der Waals surface area contributed by atoms with Crippen LogP contribution in [0.25, 0.3) is 0 Å². The van der Waals surface area contributed by atoms with Gasteiger partial charge in [0.15, 0.2) is 0 Å². The Kier molecular flexibility index (Phi) is 26.5. The zero-order chi connectivity index (χ0) is 22.4. The number of aldehydes is 1. The highest BCUT2D eigenvalue weighted by atomic mass is 19.1. The first kappa shape index (κ1) is 31.3. The van der Waals surface area contributed by atoms with E-state index in [2.05, 4.69) is 46.0 Å². The van der Waals surface area contributed by atoms with Crippen LogP contribution in [0.4, 0.5) is 4.39 Å². The van der Waals surface area contributed by atoms with E-state index in [-0.39, 0.29) is 6.67 Å². The van der Waals surface area contributed by atoms with Crippen LogP contribution in [0.15, 0.2) is 35.1 Å². The van der Waals surface area contributed by atoms with E-state index in [0.717, 1.165) is 54.7 Å². The highest BCUT2D eigenvalue weighted by Crippen LogP contribution is 2.14. The minimum atomic E-state index is -0.156. The van der Waals surface area contributed by atoms with Gasteiger partial charge in [-0.3, -0.25) is 9.18 Å². The number of halogens is 1. The van der Waals surface area contributed by atoms with Gasteiger partial charge in [-0.1, -0.05) is 73.5 Å². The van der Waals surface area contributed by atoms with Gasteiger partial charge in [-0.25, -0.2) is 0 Å². The molecule has 2 atom stereocenters. The highest BCUT2D eigenvalue weighted by molar-refractivity contribution is 5.79. The lowest BCUT2D eigenvalue weighted by molar-refractivity contribution is -0.104.